The summed E-state index contributed by atoms with van der Waals surface area (Å²) >= 11 is 1.74. The van der Waals surface area contributed by atoms with E-state index in [9.17, 15) is 5.11 Å². The normalized spacial score (nSPS) is 24.1. The standard InChI is InChI=1S/C12H17NO2S/c1-8-12(7-14)16-11-5-4-9(15-3)6-10(11)13(8)2/h4-6,8,12,14H,7H2,1-3H3. The summed E-state index contributed by atoms with van der Waals surface area (Å²) in [5, 5.41) is 9.57. The molecule has 4 heteroatoms. The van der Waals surface area contributed by atoms with Crippen molar-refractivity contribution < 1.29 is 9.84 Å². The molecule has 1 aromatic rings. The number of hydrogen-bond acceptors (Lipinski definition) is 4. The summed E-state index contributed by atoms with van der Waals surface area (Å²) < 4.78 is 5.23. The smallest absolute Gasteiger partial charge is 0.121 e. The third kappa shape index (κ3) is 1.87. The van der Waals surface area contributed by atoms with Crippen LogP contribution in [0.25, 0.3) is 0 Å². The van der Waals surface area contributed by atoms with E-state index in [2.05, 4.69) is 24.9 Å². The summed E-state index contributed by atoms with van der Waals surface area (Å²) in [5.74, 6) is 0.876. The van der Waals surface area contributed by atoms with Gasteiger partial charge in [0.2, 0.25) is 0 Å². The maximum absolute atomic E-state index is 9.33. The third-order valence-corrected chi connectivity index (χ3v) is 4.60. The van der Waals surface area contributed by atoms with Gasteiger partial charge in [-0.05, 0) is 19.1 Å². The van der Waals surface area contributed by atoms with E-state index in [1.54, 1.807) is 18.9 Å². The number of aliphatic hydroxyl groups is 1. The number of ether oxygens (including phenoxy) is 1. The van der Waals surface area contributed by atoms with Crippen molar-refractivity contribution in [3.05, 3.63) is 18.2 Å². The van der Waals surface area contributed by atoms with Crippen LogP contribution in [-0.4, -0.2) is 37.2 Å². The van der Waals surface area contributed by atoms with E-state index in [0.29, 0.717) is 6.04 Å². The summed E-state index contributed by atoms with van der Waals surface area (Å²) in [7, 11) is 3.74. The molecule has 2 atom stereocenters. The van der Waals surface area contributed by atoms with Crippen molar-refractivity contribution in [2.45, 2.75) is 23.1 Å². The summed E-state index contributed by atoms with van der Waals surface area (Å²) in [6.07, 6.45) is 0. The molecule has 1 aromatic carbocycles. The summed E-state index contributed by atoms with van der Waals surface area (Å²) in [5.41, 5.74) is 1.18. The molecular formula is C12H17NO2S. The van der Waals surface area contributed by atoms with Gasteiger partial charge in [0.25, 0.3) is 0 Å². The van der Waals surface area contributed by atoms with Gasteiger partial charge in [-0.25, -0.2) is 0 Å². The second-order valence-corrected chi connectivity index (χ2v) is 5.31. The highest BCUT2D eigenvalue weighted by Crippen LogP contribution is 2.42. The molecular weight excluding hydrogens is 222 g/mol. The van der Waals surface area contributed by atoms with Crippen molar-refractivity contribution in [3.8, 4) is 5.75 Å². The van der Waals surface area contributed by atoms with E-state index in [1.807, 2.05) is 12.1 Å². The Morgan fingerprint density at radius 2 is 2.25 bits per heavy atom. The van der Waals surface area contributed by atoms with Crippen LogP contribution < -0.4 is 9.64 Å². The van der Waals surface area contributed by atoms with Crippen LogP contribution in [0.1, 0.15) is 6.92 Å². The van der Waals surface area contributed by atoms with Crippen LogP contribution in [-0.2, 0) is 0 Å². The highest BCUT2D eigenvalue weighted by Gasteiger charge is 2.29. The van der Waals surface area contributed by atoms with E-state index in [0.717, 1.165) is 5.75 Å². The van der Waals surface area contributed by atoms with E-state index < -0.39 is 0 Å². The van der Waals surface area contributed by atoms with Crippen LogP contribution in [0, 0.1) is 0 Å². The third-order valence-electron chi connectivity index (χ3n) is 3.15. The number of hydrogen-bond donors (Lipinski definition) is 1. The highest BCUT2D eigenvalue weighted by atomic mass is 32.2. The van der Waals surface area contributed by atoms with Crippen molar-refractivity contribution in [1.82, 2.24) is 0 Å². The minimum absolute atomic E-state index is 0.210. The number of fused-ring (bicyclic) bond motifs is 1. The topological polar surface area (TPSA) is 32.7 Å². The van der Waals surface area contributed by atoms with Crippen molar-refractivity contribution in [1.29, 1.82) is 0 Å². The second-order valence-electron chi connectivity index (χ2n) is 4.02. The lowest BCUT2D eigenvalue weighted by Gasteiger charge is -2.38. The molecule has 0 fully saturated rings. The highest BCUT2D eigenvalue weighted by molar-refractivity contribution is 8.00. The van der Waals surface area contributed by atoms with Gasteiger partial charge in [-0.1, -0.05) is 0 Å². The average molecular weight is 239 g/mol. The molecule has 88 valence electrons. The Bertz CT molecular complexity index is 383. The zero-order chi connectivity index (χ0) is 11.7. The Labute approximate surface area is 100 Å². The maximum Gasteiger partial charge on any atom is 0.121 e. The Kier molecular flexibility index (Phi) is 3.30. The van der Waals surface area contributed by atoms with Gasteiger partial charge in [0, 0.05) is 24.1 Å². The minimum atomic E-state index is 0.210. The van der Waals surface area contributed by atoms with Gasteiger partial charge >= 0.3 is 0 Å². The molecule has 0 radical (unpaired) electrons. The first kappa shape index (κ1) is 11.6. The monoisotopic (exact) mass is 239 g/mol. The maximum atomic E-state index is 9.33. The number of methoxy groups -OCH3 is 1. The Hall–Kier alpha value is -0.870. The molecule has 0 aromatic heterocycles. The number of benzene rings is 1. The number of aliphatic hydroxyl groups excluding tert-OH is 1. The summed E-state index contributed by atoms with van der Waals surface area (Å²) in [4.78, 5) is 3.41. The molecule has 0 amide bonds. The molecule has 1 aliphatic rings. The SMILES string of the molecule is COc1ccc2c(c1)N(C)C(C)C(CO)S2. The zero-order valence-corrected chi connectivity index (χ0v) is 10.6. The zero-order valence-electron chi connectivity index (χ0n) is 9.80. The Morgan fingerprint density at radius 3 is 2.88 bits per heavy atom. The van der Waals surface area contributed by atoms with Crippen molar-refractivity contribution in [3.63, 3.8) is 0 Å². The molecule has 1 N–H and O–H groups in total. The van der Waals surface area contributed by atoms with Crippen molar-refractivity contribution in [2.24, 2.45) is 0 Å². The predicted molar refractivity (Wildman–Crippen MR) is 67.6 cm³/mol. The first-order chi connectivity index (χ1) is 7.67. The Balaban J connectivity index is 2.38. The summed E-state index contributed by atoms with van der Waals surface area (Å²) in [6, 6.07) is 6.40. The van der Waals surface area contributed by atoms with Gasteiger partial charge in [0.05, 0.1) is 24.7 Å². The molecule has 0 bridgehead atoms. The van der Waals surface area contributed by atoms with Gasteiger partial charge in [-0.2, -0.15) is 0 Å². The van der Waals surface area contributed by atoms with E-state index in [-0.39, 0.29) is 11.9 Å². The van der Waals surface area contributed by atoms with Crippen molar-refractivity contribution >= 4 is 17.4 Å². The number of rotatable bonds is 2. The van der Waals surface area contributed by atoms with Crippen LogP contribution in [0.5, 0.6) is 5.75 Å². The van der Waals surface area contributed by atoms with Crippen LogP contribution in [0.2, 0.25) is 0 Å². The van der Waals surface area contributed by atoms with Crippen molar-refractivity contribution in [2.75, 3.05) is 25.7 Å². The number of thioether (sulfide) groups is 1. The second kappa shape index (κ2) is 4.55. The van der Waals surface area contributed by atoms with Crippen LogP contribution in [0.4, 0.5) is 5.69 Å². The van der Waals surface area contributed by atoms with E-state index in [4.69, 9.17) is 4.74 Å². The fourth-order valence-electron chi connectivity index (χ4n) is 1.92. The molecule has 2 rings (SSSR count). The quantitative estimate of drug-likeness (QED) is 0.855. The molecule has 16 heavy (non-hydrogen) atoms. The first-order valence-electron chi connectivity index (χ1n) is 5.35. The van der Waals surface area contributed by atoms with Crippen LogP contribution in [0.15, 0.2) is 23.1 Å². The van der Waals surface area contributed by atoms with E-state index >= 15 is 0 Å². The molecule has 1 aliphatic heterocycles. The average Bonchev–Trinajstić information content (AvgIpc) is 2.33. The fourth-order valence-corrected chi connectivity index (χ4v) is 3.17. The molecule has 2 unspecified atom stereocenters. The van der Waals surface area contributed by atoms with Crippen LogP contribution >= 0.6 is 11.8 Å². The van der Waals surface area contributed by atoms with Gasteiger partial charge < -0.3 is 14.7 Å². The number of anilines is 1. The molecule has 0 spiro atoms. The molecule has 0 saturated carbocycles. The molecule has 0 saturated heterocycles. The Morgan fingerprint density at radius 1 is 1.50 bits per heavy atom. The van der Waals surface area contributed by atoms with E-state index in [1.165, 1.54) is 10.6 Å². The lowest BCUT2D eigenvalue weighted by atomic mass is 10.1. The molecule has 3 nitrogen and oxygen atoms in total. The van der Waals surface area contributed by atoms with Gasteiger partial charge in [-0.15, -0.1) is 11.8 Å². The lowest BCUT2D eigenvalue weighted by Crippen LogP contribution is -2.42. The van der Waals surface area contributed by atoms with Gasteiger partial charge in [0.15, 0.2) is 0 Å². The lowest BCUT2D eigenvalue weighted by molar-refractivity contribution is 0.282. The largest absolute Gasteiger partial charge is 0.497 e. The fraction of sp³-hybridized carbons (Fsp3) is 0.500. The number of nitrogens with zero attached hydrogens (tertiary/aromatic N) is 1. The summed E-state index contributed by atoms with van der Waals surface area (Å²) in [6.45, 7) is 2.35. The molecule has 1 heterocycles. The van der Waals surface area contributed by atoms with Gasteiger partial charge in [0.1, 0.15) is 5.75 Å². The predicted octanol–water partition coefficient (Wildman–Crippen LogP) is 1.99. The van der Waals surface area contributed by atoms with Crippen LogP contribution in [0.3, 0.4) is 0 Å². The first-order valence-corrected chi connectivity index (χ1v) is 6.23. The van der Waals surface area contributed by atoms with Gasteiger partial charge in [-0.3, -0.25) is 0 Å². The molecule has 0 aliphatic carbocycles. The minimum Gasteiger partial charge on any atom is -0.497 e.